The van der Waals surface area contributed by atoms with Gasteiger partial charge in [0.1, 0.15) is 0 Å². The van der Waals surface area contributed by atoms with E-state index in [0.717, 1.165) is 11.1 Å². The Morgan fingerprint density at radius 1 is 1.10 bits per heavy atom. The number of aryl methyl sites for hydroxylation is 3. The summed E-state index contributed by atoms with van der Waals surface area (Å²) in [7, 11) is -7.27. The normalized spacial score (nSPS) is 25.1. The summed E-state index contributed by atoms with van der Waals surface area (Å²) in [6.07, 6.45) is -1.21. The van der Waals surface area contributed by atoms with Gasteiger partial charge in [-0.1, -0.05) is 6.07 Å². The molecule has 0 amide bonds. The molecule has 2 N–H and O–H groups in total. The molecule has 8 heteroatoms. The number of sulfone groups is 1. The molecule has 1 aromatic rings. The lowest BCUT2D eigenvalue weighted by molar-refractivity contribution is 0.176. The summed E-state index contributed by atoms with van der Waals surface area (Å²) in [5.74, 6) is -0.788. The molecule has 0 bridgehead atoms. The van der Waals surface area contributed by atoms with Crippen molar-refractivity contribution in [3.8, 4) is 0 Å². The molecule has 1 fully saturated rings. The van der Waals surface area contributed by atoms with Gasteiger partial charge in [-0.2, -0.15) is 0 Å². The predicted molar refractivity (Wildman–Crippen MR) is 79.4 cm³/mol. The monoisotopic (exact) mass is 333 g/mol. The fourth-order valence-electron chi connectivity index (χ4n) is 2.43. The molecule has 2 atom stereocenters. The molecule has 118 valence electrons. The summed E-state index contributed by atoms with van der Waals surface area (Å²) in [6, 6.07) is 2.33. The van der Waals surface area contributed by atoms with E-state index in [-0.39, 0.29) is 10.6 Å². The minimum absolute atomic E-state index is 0.113. The van der Waals surface area contributed by atoms with Crippen LogP contribution in [0.25, 0.3) is 0 Å². The largest absolute Gasteiger partial charge is 0.390 e. The van der Waals surface area contributed by atoms with E-state index in [4.69, 9.17) is 0 Å². The molecule has 1 aliphatic heterocycles. The van der Waals surface area contributed by atoms with E-state index in [1.807, 2.05) is 13.8 Å². The van der Waals surface area contributed by atoms with E-state index < -0.39 is 37.8 Å². The van der Waals surface area contributed by atoms with E-state index in [1.54, 1.807) is 19.1 Å². The number of sulfonamides is 1. The average molecular weight is 333 g/mol. The number of hydrogen-bond donors (Lipinski definition) is 2. The van der Waals surface area contributed by atoms with Gasteiger partial charge in [0, 0.05) is 0 Å². The summed E-state index contributed by atoms with van der Waals surface area (Å²) in [5.41, 5.74) is 2.40. The Morgan fingerprint density at radius 3 is 2.19 bits per heavy atom. The third kappa shape index (κ3) is 3.45. The predicted octanol–water partition coefficient (Wildman–Crippen LogP) is 0.0481. The van der Waals surface area contributed by atoms with Crippen molar-refractivity contribution in [3.63, 3.8) is 0 Å². The van der Waals surface area contributed by atoms with E-state index in [2.05, 4.69) is 4.72 Å². The first-order valence-corrected chi connectivity index (χ1v) is 9.81. The highest BCUT2D eigenvalue weighted by molar-refractivity contribution is 7.92. The van der Waals surface area contributed by atoms with Crippen molar-refractivity contribution >= 4 is 19.9 Å². The molecule has 1 aliphatic rings. The zero-order chi connectivity index (χ0) is 16.0. The maximum atomic E-state index is 12.4. The van der Waals surface area contributed by atoms with Crippen LogP contribution in [0.3, 0.4) is 0 Å². The molecule has 6 nitrogen and oxygen atoms in total. The Kier molecular flexibility index (Phi) is 4.18. The lowest BCUT2D eigenvalue weighted by atomic mass is 10.1. The van der Waals surface area contributed by atoms with Crippen molar-refractivity contribution in [2.45, 2.75) is 37.8 Å². The Morgan fingerprint density at radius 2 is 1.67 bits per heavy atom. The first-order chi connectivity index (χ1) is 9.52. The van der Waals surface area contributed by atoms with Gasteiger partial charge in [-0.3, -0.25) is 0 Å². The number of hydrogen-bond acceptors (Lipinski definition) is 5. The van der Waals surface area contributed by atoms with Crippen molar-refractivity contribution in [2.24, 2.45) is 0 Å². The van der Waals surface area contributed by atoms with Crippen LogP contribution in [-0.4, -0.2) is 45.6 Å². The Balaban J connectivity index is 2.34. The smallest absolute Gasteiger partial charge is 0.241 e. The van der Waals surface area contributed by atoms with Crippen LogP contribution in [0.2, 0.25) is 0 Å². The molecule has 2 rings (SSSR count). The summed E-state index contributed by atoms with van der Waals surface area (Å²) in [6.45, 7) is 5.38. The van der Waals surface area contributed by atoms with Crippen molar-refractivity contribution < 1.29 is 21.9 Å². The second-order valence-electron chi connectivity index (χ2n) is 5.57. The maximum absolute atomic E-state index is 12.4. The molecule has 0 saturated carbocycles. The van der Waals surface area contributed by atoms with Crippen molar-refractivity contribution in [1.29, 1.82) is 0 Å². The zero-order valence-electron chi connectivity index (χ0n) is 12.1. The van der Waals surface area contributed by atoms with E-state index in [0.29, 0.717) is 5.56 Å². The molecule has 0 aliphatic carbocycles. The molecular formula is C13H19NO5S2. The van der Waals surface area contributed by atoms with E-state index in [9.17, 15) is 21.9 Å². The number of aliphatic hydroxyl groups excluding tert-OH is 1. The highest BCUT2D eigenvalue weighted by Crippen LogP contribution is 2.22. The number of nitrogens with one attached hydrogen (secondary N) is 1. The molecule has 1 heterocycles. The lowest BCUT2D eigenvalue weighted by Gasteiger charge is -2.17. The third-order valence-electron chi connectivity index (χ3n) is 3.71. The molecule has 1 saturated heterocycles. The van der Waals surface area contributed by atoms with Crippen molar-refractivity contribution in [1.82, 2.24) is 4.72 Å². The van der Waals surface area contributed by atoms with Gasteiger partial charge in [0.25, 0.3) is 0 Å². The molecule has 21 heavy (non-hydrogen) atoms. The van der Waals surface area contributed by atoms with Gasteiger partial charge >= 0.3 is 0 Å². The minimum atomic E-state index is -3.87. The molecule has 0 unspecified atom stereocenters. The van der Waals surface area contributed by atoms with Crippen LogP contribution in [-0.2, 0) is 19.9 Å². The second kappa shape index (κ2) is 5.35. The fraction of sp³-hybridized carbons (Fsp3) is 0.538. The summed E-state index contributed by atoms with van der Waals surface area (Å²) < 4.78 is 50.0. The summed E-state index contributed by atoms with van der Waals surface area (Å²) >= 11 is 0. The second-order valence-corrected chi connectivity index (χ2v) is 9.41. The van der Waals surface area contributed by atoms with Crippen LogP contribution < -0.4 is 4.72 Å². The van der Waals surface area contributed by atoms with Crippen LogP contribution in [0.5, 0.6) is 0 Å². The maximum Gasteiger partial charge on any atom is 0.241 e. The highest BCUT2D eigenvalue weighted by atomic mass is 32.2. The van der Waals surface area contributed by atoms with Gasteiger partial charge in [0.15, 0.2) is 9.84 Å². The molecular weight excluding hydrogens is 314 g/mol. The number of benzene rings is 1. The SMILES string of the molecule is Cc1cc(C)c(S(=O)(=O)N[C@H]2CS(=O)(=O)C[C@H]2O)cc1C. The van der Waals surface area contributed by atoms with Crippen LogP contribution in [0.1, 0.15) is 16.7 Å². The quantitative estimate of drug-likeness (QED) is 0.814. The topological polar surface area (TPSA) is 101 Å². The number of rotatable bonds is 3. The van der Waals surface area contributed by atoms with Crippen LogP contribution in [0.15, 0.2) is 17.0 Å². The lowest BCUT2D eigenvalue weighted by Crippen LogP contribution is -2.42. The summed E-state index contributed by atoms with van der Waals surface area (Å²) in [5, 5.41) is 9.70. The fourth-order valence-corrected chi connectivity index (χ4v) is 5.86. The molecule has 0 radical (unpaired) electrons. The van der Waals surface area contributed by atoms with Crippen LogP contribution in [0.4, 0.5) is 0 Å². The average Bonchev–Trinajstić information content (AvgIpc) is 2.56. The van der Waals surface area contributed by atoms with Gasteiger partial charge in [-0.25, -0.2) is 21.6 Å². The minimum Gasteiger partial charge on any atom is -0.390 e. The van der Waals surface area contributed by atoms with E-state index >= 15 is 0 Å². The number of aliphatic hydroxyl groups is 1. The Bertz CT molecular complexity index is 768. The van der Waals surface area contributed by atoms with Crippen LogP contribution in [0, 0.1) is 20.8 Å². The van der Waals surface area contributed by atoms with Crippen LogP contribution >= 0.6 is 0 Å². The van der Waals surface area contributed by atoms with Gasteiger partial charge < -0.3 is 5.11 Å². The molecule has 1 aromatic carbocycles. The third-order valence-corrected chi connectivity index (χ3v) is 7.06. The van der Waals surface area contributed by atoms with Crippen molar-refractivity contribution in [2.75, 3.05) is 11.5 Å². The zero-order valence-corrected chi connectivity index (χ0v) is 13.8. The highest BCUT2D eigenvalue weighted by Gasteiger charge is 2.39. The Labute approximate surface area is 125 Å². The Hall–Kier alpha value is -0.960. The molecule has 0 aromatic heterocycles. The molecule has 0 spiro atoms. The summed E-state index contributed by atoms with van der Waals surface area (Å²) in [4.78, 5) is 0.113. The first-order valence-electron chi connectivity index (χ1n) is 6.50. The van der Waals surface area contributed by atoms with Gasteiger partial charge in [0.05, 0.1) is 28.5 Å². The van der Waals surface area contributed by atoms with Crippen molar-refractivity contribution in [3.05, 3.63) is 28.8 Å². The van der Waals surface area contributed by atoms with Gasteiger partial charge in [-0.15, -0.1) is 0 Å². The van der Waals surface area contributed by atoms with Gasteiger partial charge in [0.2, 0.25) is 10.0 Å². The first kappa shape index (κ1) is 16.4. The standard InChI is InChI=1S/C13H19NO5S2/c1-8-4-10(3)13(5-9(8)2)21(18,19)14-11-6-20(16,17)7-12(11)15/h4-5,11-12,14-15H,6-7H2,1-3H3/t11-,12+/m0/s1. The van der Waals surface area contributed by atoms with E-state index in [1.165, 1.54) is 0 Å². The van der Waals surface area contributed by atoms with Gasteiger partial charge in [-0.05, 0) is 43.5 Å².